The molecule has 1 aliphatic rings. The number of fused-ring (bicyclic) bond motifs is 3. The minimum absolute atomic E-state index is 0.343. The zero-order valence-electron chi connectivity index (χ0n) is 12.1. The summed E-state index contributed by atoms with van der Waals surface area (Å²) in [6.45, 7) is 2.29. The van der Waals surface area contributed by atoms with Gasteiger partial charge in [0, 0.05) is 10.3 Å². The van der Waals surface area contributed by atoms with Crippen molar-refractivity contribution in [1.82, 2.24) is 9.97 Å². The van der Waals surface area contributed by atoms with Gasteiger partial charge in [0.15, 0.2) is 5.16 Å². The van der Waals surface area contributed by atoms with Crippen molar-refractivity contribution in [3.05, 3.63) is 10.4 Å². The predicted octanol–water partition coefficient (Wildman–Crippen LogP) is 4.05. The quantitative estimate of drug-likeness (QED) is 0.472. The molecule has 4 nitrogen and oxygen atoms in total. The van der Waals surface area contributed by atoms with Crippen molar-refractivity contribution in [3.8, 4) is 12.1 Å². The highest BCUT2D eigenvalue weighted by atomic mass is 32.2. The molecule has 0 N–H and O–H groups in total. The predicted molar refractivity (Wildman–Crippen MR) is 91.3 cm³/mol. The maximum absolute atomic E-state index is 8.87. The monoisotopic (exact) mass is 346 g/mol. The van der Waals surface area contributed by atoms with E-state index in [9.17, 15) is 0 Å². The number of hydrogen-bond donors (Lipinski definition) is 0. The van der Waals surface area contributed by atoms with Gasteiger partial charge in [0.1, 0.15) is 9.86 Å². The average molecular weight is 347 g/mol. The third-order valence-corrected chi connectivity index (χ3v) is 6.35. The Balaban J connectivity index is 2.10. The molecule has 0 fully saturated rings. The minimum Gasteiger partial charge on any atom is -0.215 e. The van der Waals surface area contributed by atoms with Crippen molar-refractivity contribution in [3.63, 3.8) is 0 Å². The van der Waals surface area contributed by atoms with Crippen LogP contribution in [-0.4, -0.2) is 21.5 Å². The van der Waals surface area contributed by atoms with Crippen LogP contribution in [0.2, 0.25) is 0 Å². The molecule has 2 aromatic heterocycles. The number of hydrogen-bond acceptors (Lipinski definition) is 7. The molecule has 0 aliphatic heterocycles. The Kier molecular flexibility index (Phi) is 4.87. The zero-order chi connectivity index (χ0) is 15.5. The molecule has 3 rings (SSSR count). The van der Waals surface area contributed by atoms with Crippen LogP contribution in [0.1, 0.15) is 23.8 Å². The third kappa shape index (κ3) is 3.08. The number of thioether (sulfide) groups is 2. The van der Waals surface area contributed by atoms with Gasteiger partial charge in [0.05, 0.1) is 23.6 Å². The van der Waals surface area contributed by atoms with Gasteiger partial charge >= 0.3 is 0 Å². The summed E-state index contributed by atoms with van der Waals surface area (Å²) in [6.07, 6.45) is 3.39. The largest absolute Gasteiger partial charge is 0.215 e. The van der Waals surface area contributed by atoms with Gasteiger partial charge in [-0.3, -0.25) is 0 Å². The average Bonchev–Trinajstić information content (AvgIpc) is 2.87. The first-order chi connectivity index (χ1) is 10.7. The summed E-state index contributed by atoms with van der Waals surface area (Å²) in [4.78, 5) is 11.7. The third-order valence-electron chi connectivity index (χ3n) is 3.64. The van der Waals surface area contributed by atoms with Crippen LogP contribution < -0.4 is 0 Å². The maximum Gasteiger partial charge on any atom is 0.191 e. The second-order valence-corrected chi connectivity index (χ2v) is 8.23. The van der Waals surface area contributed by atoms with Crippen LogP contribution in [0.4, 0.5) is 0 Å². The Hall–Kier alpha value is -1.28. The van der Waals surface area contributed by atoms with E-state index in [1.165, 1.54) is 40.4 Å². The summed E-state index contributed by atoms with van der Waals surface area (Å²) in [7, 11) is 0. The van der Waals surface area contributed by atoms with Gasteiger partial charge in [-0.2, -0.15) is 10.5 Å². The van der Waals surface area contributed by atoms with E-state index in [0.717, 1.165) is 34.0 Å². The fraction of sp³-hybridized carbons (Fsp3) is 0.467. The number of aromatic nitrogens is 2. The van der Waals surface area contributed by atoms with Crippen LogP contribution in [0.15, 0.2) is 10.2 Å². The standard InChI is InChI=1S/C15H14N4S3/c1-9-2-3-10-11(8-9)22-14-12(10)13(20-6-4-16)18-15(19-14)21-7-5-17/h9H,2-3,6-8H2,1H3/t9-/m1/s1. The van der Waals surface area contributed by atoms with E-state index in [-0.39, 0.29) is 0 Å². The maximum atomic E-state index is 8.87. The molecule has 0 saturated heterocycles. The topological polar surface area (TPSA) is 73.4 Å². The molecule has 2 aromatic rings. The molecule has 1 atom stereocenters. The number of nitrogens with zero attached hydrogens (tertiary/aromatic N) is 4. The van der Waals surface area contributed by atoms with E-state index in [4.69, 9.17) is 10.5 Å². The molecular weight excluding hydrogens is 332 g/mol. The summed E-state index contributed by atoms with van der Waals surface area (Å²) in [6, 6.07) is 4.28. The van der Waals surface area contributed by atoms with Crippen molar-refractivity contribution in [1.29, 1.82) is 10.5 Å². The Morgan fingerprint density at radius 3 is 2.77 bits per heavy atom. The molecule has 0 saturated carbocycles. The second kappa shape index (κ2) is 6.87. The first-order valence-corrected chi connectivity index (χ1v) is 9.83. The van der Waals surface area contributed by atoms with Crippen molar-refractivity contribution in [2.75, 3.05) is 11.5 Å². The van der Waals surface area contributed by atoms with Gasteiger partial charge in [0.2, 0.25) is 0 Å². The molecule has 2 heterocycles. The minimum atomic E-state index is 0.343. The number of thiophene rings is 1. The van der Waals surface area contributed by atoms with Gasteiger partial charge in [-0.25, -0.2) is 9.97 Å². The summed E-state index contributed by atoms with van der Waals surface area (Å²) >= 11 is 4.59. The van der Waals surface area contributed by atoms with Gasteiger partial charge in [-0.05, 0) is 30.7 Å². The molecule has 1 aliphatic carbocycles. The molecule has 112 valence electrons. The summed E-state index contributed by atoms with van der Waals surface area (Å²) in [5.74, 6) is 1.45. The Labute approximate surface area is 142 Å². The highest BCUT2D eigenvalue weighted by molar-refractivity contribution is 8.00. The van der Waals surface area contributed by atoms with E-state index in [2.05, 4.69) is 29.0 Å². The van der Waals surface area contributed by atoms with Crippen molar-refractivity contribution >= 4 is 45.1 Å². The molecular formula is C15H14N4S3. The summed E-state index contributed by atoms with van der Waals surface area (Å²) < 4.78 is 0. The number of aryl methyl sites for hydroxylation is 1. The molecule has 7 heteroatoms. The van der Waals surface area contributed by atoms with Crippen LogP contribution in [0.3, 0.4) is 0 Å². The van der Waals surface area contributed by atoms with Gasteiger partial charge in [-0.15, -0.1) is 11.3 Å². The Morgan fingerprint density at radius 2 is 2.00 bits per heavy atom. The molecule has 0 amide bonds. The normalized spacial score (nSPS) is 17.0. The van der Waals surface area contributed by atoms with Crippen molar-refractivity contribution in [2.24, 2.45) is 5.92 Å². The highest BCUT2D eigenvalue weighted by Crippen LogP contribution is 2.41. The first-order valence-electron chi connectivity index (χ1n) is 7.04. The van der Waals surface area contributed by atoms with E-state index in [1.807, 2.05) is 0 Å². The fourth-order valence-corrected chi connectivity index (χ4v) is 5.44. The Morgan fingerprint density at radius 1 is 1.23 bits per heavy atom. The van der Waals surface area contributed by atoms with Crippen LogP contribution in [-0.2, 0) is 12.8 Å². The van der Waals surface area contributed by atoms with Gasteiger partial charge in [-0.1, -0.05) is 30.4 Å². The molecule has 22 heavy (non-hydrogen) atoms. The lowest BCUT2D eigenvalue weighted by Crippen LogP contribution is -2.08. The fourth-order valence-electron chi connectivity index (χ4n) is 2.66. The summed E-state index contributed by atoms with van der Waals surface area (Å²) in [5, 5.41) is 20.3. The summed E-state index contributed by atoms with van der Waals surface area (Å²) in [5.41, 5.74) is 1.38. The van der Waals surface area contributed by atoms with Crippen LogP contribution in [0.5, 0.6) is 0 Å². The Bertz CT molecular complexity index is 785. The number of nitriles is 2. The van der Waals surface area contributed by atoms with Crippen molar-refractivity contribution in [2.45, 2.75) is 36.4 Å². The lowest BCUT2D eigenvalue weighted by molar-refractivity contribution is 0.509. The first kappa shape index (κ1) is 15.6. The van der Waals surface area contributed by atoms with E-state index in [1.54, 1.807) is 11.3 Å². The smallest absolute Gasteiger partial charge is 0.191 e. The van der Waals surface area contributed by atoms with Crippen LogP contribution in [0, 0.1) is 28.6 Å². The van der Waals surface area contributed by atoms with Crippen LogP contribution in [0.25, 0.3) is 10.2 Å². The highest BCUT2D eigenvalue weighted by Gasteiger charge is 2.24. The van der Waals surface area contributed by atoms with Crippen LogP contribution >= 0.6 is 34.9 Å². The molecule has 0 aromatic carbocycles. The molecule has 0 radical (unpaired) electrons. The SMILES string of the molecule is C[C@@H]1CCc2c(sc3nc(SCC#N)nc(SCC#N)c23)C1. The van der Waals surface area contributed by atoms with Gasteiger partial charge < -0.3 is 0 Å². The lowest BCUT2D eigenvalue weighted by atomic mass is 9.89. The molecule has 0 spiro atoms. The lowest BCUT2D eigenvalue weighted by Gasteiger charge is -2.18. The van der Waals surface area contributed by atoms with E-state index >= 15 is 0 Å². The molecule has 0 unspecified atom stereocenters. The van der Waals surface area contributed by atoms with E-state index < -0.39 is 0 Å². The van der Waals surface area contributed by atoms with Gasteiger partial charge in [0.25, 0.3) is 0 Å². The van der Waals surface area contributed by atoms with Crippen molar-refractivity contribution < 1.29 is 0 Å². The number of rotatable bonds is 4. The van der Waals surface area contributed by atoms with E-state index in [0.29, 0.717) is 16.7 Å². The molecule has 0 bridgehead atoms. The zero-order valence-corrected chi connectivity index (χ0v) is 14.6. The second-order valence-electron chi connectivity index (χ2n) is 5.24.